The first-order valence-electron chi connectivity index (χ1n) is 7.41. The third-order valence-corrected chi connectivity index (χ3v) is 3.47. The molecular formula is C16H22F2N2O2. The van der Waals surface area contributed by atoms with Crippen LogP contribution in [0, 0.1) is 11.6 Å². The van der Waals surface area contributed by atoms with E-state index in [0.29, 0.717) is 19.6 Å². The molecule has 1 fully saturated rings. The molecule has 4 nitrogen and oxygen atoms in total. The van der Waals surface area contributed by atoms with Gasteiger partial charge in [-0.1, -0.05) is 12.1 Å². The highest BCUT2D eigenvalue weighted by molar-refractivity contribution is 5.68. The highest BCUT2D eigenvalue weighted by Crippen LogP contribution is 2.19. The first-order chi connectivity index (χ1) is 10.3. The number of amides is 1. The second-order valence-corrected chi connectivity index (χ2v) is 6.45. The number of hydrogen-bond donors (Lipinski definition) is 1. The fourth-order valence-corrected chi connectivity index (χ4v) is 2.46. The molecule has 0 radical (unpaired) electrons. The van der Waals surface area contributed by atoms with Crippen molar-refractivity contribution in [3.63, 3.8) is 0 Å². The van der Waals surface area contributed by atoms with Crippen LogP contribution in [0.25, 0.3) is 0 Å². The zero-order valence-corrected chi connectivity index (χ0v) is 13.2. The summed E-state index contributed by atoms with van der Waals surface area (Å²) in [6.07, 6.45) is -0.175. The van der Waals surface area contributed by atoms with Gasteiger partial charge in [0.1, 0.15) is 5.60 Å². The third-order valence-electron chi connectivity index (χ3n) is 3.47. The van der Waals surface area contributed by atoms with Crippen LogP contribution < -0.4 is 5.32 Å². The second-order valence-electron chi connectivity index (χ2n) is 6.45. The zero-order chi connectivity index (χ0) is 16.3. The zero-order valence-electron chi connectivity index (χ0n) is 13.2. The van der Waals surface area contributed by atoms with E-state index in [-0.39, 0.29) is 18.0 Å². The number of benzene rings is 1. The Labute approximate surface area is 129 Å². The molecule has 1 saturated heterocycles. The number of carbonyl (C=O) groups is 1. The molecule has 1 aliphatic rings. The Balaban J connectivity index is 2.13. The van der Waals surface area contributed by atoms with Gasteiger partial charge in [0.15, 0.2) is 11.6 Å². The number of ether oxygens (including phenoxy) is 1. The van der Waals surface area contributed by atoms with Gasteiger partial charge in [-0.15, -0.1) is 0 Å². The van der Waals surface area contributed by atoms with Crippen molar-refractivity contribution in [1.29, 1.82) is 0 Å². The van der Waals surface area contributed by atoms with Crippen molar-refractivity contribution < 1.29 is 18.3 Å². The van der Waals surface area contributed by atoms with E-state index >= 15 is 0 Å². The summed E-state index contributed by atoms with van der Waals surface area (Å²) in [4.78, 5) is 13.9. The van der Waals surface area contributed by atoms with Crippen LogP contribution in [-0.2, 0) is 11.2 Å². The predicted molar refractivity (Wildman–Crippen MR) is 79.7 cm³/mol. The van der Waals surface area contributed by atoms with E-state index in [9.17, 15) is 13.6 Å². The summed E-state index contributed by atoms with van der Waals surface area (Å²) in [6, 6.07) is 3.84. The molecule has 0 spiro atoms. The summed E-state index contributed by atoms with van der Waals surface area (Å²) in [5.74, 6) is -1.72. The maximum Gasteiger partial charge on any atom is 0.410 e. The lowest BCUT2D eigenvalue weighted by Crippen LogP contribution is -2.55. The lowest BCUT2D eigenvalue weighted by molar-refractivity contribution is 0.0121. The Morgan fingerprint density at radius 3 is 2.82 bits per heavy atom. The van der Waals surface area contributed by atoms with E-state index in [1.54, 1.807) is 31.7 Å². The van der Waals surface area contributed by atoms with Crippen LogP contribution >= 0.6 is 0 Å². The monoisotopic (exact) mass is 312 g/mol. The standard InChI is InChI=1S/C16H22F2N2O2/c1-16(2,3)22-15(21)20-8-7-19-10-12(20)9-11-5-4-6-13(17)14(11)18/h4-6,12,19H,7-10H2,1-3H3/t12-/m1/s1. The van der Waals surface area contributed by atoms with Gasteiger partial charge in [0.2, 0.25) is 0 Å². The number of rotatable bonds is 2. The Hall–Kier alpha value is -1.69. The van der Waals surface area contributed by atoms with E-state index in [4.69, 9.17) is 4.74 Å². The number of piperazine rings is 1. The van der Waals surface area contributed by atoms with E-state index in [2.05, 4.69) is 5.32 Å². The van der Waals surface area contributed by atoms with Crippen molar-refractivity contribution >= 4 is 6.09 Å². The molecule has 0 saturated carbocycles. The molecule has 1 aromatic carbocycles. The molecule has 0 unspecified atom stereocenters. The fraction of sp³-hybridized carbons (Fsp3) is 0.562. The molecule has 1 amide bonds. The Bertz CT molecular complexity index is 543. The van der Waals surface area contributed by atoms with Gasteiger partial charge in [0.05, 0.1) is 6.04 Å². The summed E-state index contributed by atoms with van der Waals surface area (Å²) in [5.41, 5.74) is -0.321. The molecule has 1 atom stereocenters. The molecule has 122 valence electrons. The lowest BCUT2D eigenvalue weighted by Gasteiger charge is -2.37. The number of hydrogen-bond acceptors (Lipinski definition) is 3. The van der Waals surface area contributed by atoms with Gasteiger partial charge in [-0.2, -0.15) is 0 Å². The highest BCUT2D eigenvalue weighted by atomic mass is 19.2. The Morgan fingerprint density at radius 2 is 2.14 bits per heavy atom. The molecule has 22 heavy (non-hydrogen) atoms. The summed E-state index contributed by atoms with van der Waals surface area (Å²) >= 11 is 0. The van der Waals surface area contributed by atoms with Gasteiger partial charge >= 0.3 is 6.09 Å². The first-order valence-corrected chi connectivity index (χ1v) is 7.41. The Morgan fingerprint density at radius 1 is 1.41 bits per heavy atom. The van der Waals surface area contributed by atoms with Gasteiger partial charge in [0.25, 0.3) is 0 Å². The summed E-state index contributed by atoms with van der Waals surface area (Å²) in [5, 5.41) is 3.17. The normalized spacial score (nSPS) is 19.1. The predicted octanol–water partition coefficient (Wildman–Crippen LogP) is 2.72. The minimum Gasteiger partial charge on any atom is -0.444 e. The van der Waals surface area contributed by atoms with Gasteiger partial charge in [-0.05, 0) is 38.8 Å². The van der Waals surface area contributed by atoms with Crippen molar-refractivity contribution in [3.05, 3.63) is 35.4 Å². The molecule has 0 aromatic heterocycles. The topological polar surface area (TPSA) is 41.6 Å². The van der Waals surface area contributed by atoms with Gasteiger partial charge in [-0.25, -0.2) is 13.6 Å². The lowest BCUT2D eigenvalue weighted by atomic mass is 10.0. The van der Waals surface area contributed by atoms with E-state index in [1.807, 2.05) is 0 Å². The quantitative estimate of drug-likeness (QED) is 0.913. The van der Waals surface area contributed by atoms with Crippen molar-refractivity contribution in [2.75, 3.05) is 19.6 Å². The van der Waals surface area contributed by atoms with Crippen LogP contribution in [0.1, 0.15) is 26.3 Å². The number of halogens is 2. The molecule has 1 heterocycles. The minimum atomic E-state index is -0.870. The maximum atomic E-state index is 13.8. The molecule has 6 heteroatoms. The first kappa shape index (κ1) is 16.7. The molecule has 1 N–H and O–H groups in total. The van der Waals surface area contributed by atoms with Gasteiger partial charge < -0.3 is 15.0 Å². The summed E-state index contributed by atoms with van der Waals surface area (Å²) in [7, 11) is 0. The van der Waals surface area contributed by atoms with Crippen LogP contribution in [0.15, 0.2) is 18.2 Å². The van der Waals surface area contributed by atoms with E-state index in [0.717, 1.165) is 6.07 Å². The fourth-order valence-electron chi connectivity index (χ4n) is 2.46. The van der Waals surface area contributed by atoms with Crippen LogP contribution in [0.2, 0.25) is 0 Å². The maximum absolute atomic E-state index is 13.8. The van der Waals surface area contributed by atoms with Crippen molar-refractivity contribution in [2.45, 2.75) is 38.8 Å². The molecule has 0 bridgehead atoms. The molecular weight excluding hydrogens is 290 g/mol. The Kier molecular flexibility index (Phi) is 5.01. The SMILES string of the molecule is CC(C)(C)OC(=O)N1CCNC[C@H]1Cc1cccc(F)c1F. The minimum absolute atomic E-state index is 0.246. The average molecular weight is 312 g/mol. The van der Waals surface area contributed by atoms with Crippen molar-refractivity contribution in [2.24, 2.45) is 0 Å². The van der Waals surface area contributed by atoms with Crippen LogP contribution in [0.4, 0.5) is 13.6 Å². The van der Waals surface area contributed by atoms with Crippen LogP contribution in [0.3, 0.4) is 0 Å². The molecule has 1 aromatic rings. The summed E-state index contributed by atoms with van der Waals surface area (Å²) < 4.78 is 32.5. The van der Waals surface area contributed by atoms with E-state index < -0.39 is 23.3 Å². The molecule has 2 rings (SSSR count). The smallest absolute Gasteiger partial charge is 0.410 e. The number of carbonyl (C=O) groups excluding carboxylic acids is 1. The second kappa shape index (κ2) is 6.60. The van der Waals surface area contributed by atoms with Gasteiger partial charge in [-0.3, -0.25) is 0 Å². The highest BCUT2D eigenvalue weighted by Gasteiger charge is 2.31. The van der Waals surface area contributed by atoms with Crippen molar-refractivity contribution in [3.8, 4) is 0 Å². The number of nitrogens with zero attached hydrogens (tertiary/aromatic N) is 1. The molecule has 0 aliphatic carbocycles. The van der Waals surface area contributed by atoms with Crippen molar-refractivity contribution in [1.82, 2.24) is 10.2 Å². The third kappa shape index (κ3) is 4.16. The number of nitrogens with one attached hydrogen (secondary N) is 1. The summed E-state index contributed by atoms with van der Waals surface area (Å²) in [6.45, 7) is 7.06. The van der Waals surface area contributed by atoms with Crippen LogP contribution in [-0.4, -0.2) is 42.3 Å². The molecule has 1 aliphatic heterocycles. The van der Waals surface area contributed by atoms with E-state index in [1.165, 1.54) is 6.07 Å². The average Bonchev–Trinajstić information content (AvgIpc) is 2.42. The largest absolute Gasteiger partial charge is 0.444 e. The van der Waals surface area contributed by atoms with Crippen LogP contribution in [0.5, 0.6) is 0 Å². The van der Waals surface area contributed by atoms with Gasteiger partial charge in [0, 0.05) is 19.6 Å².